The zero-order valence-corrected chi connectivity index (χ0v) is 16.0. The van der Waals surface area contributed by atoms with Gasteiger partial charge >= 0.3 is 0 Å². The smallest absolute Gasteiger partial charge is 0.118 e. The normalized spacial score (nSPS) is 19.9. The third-order valence-corrected chi connectivity index (χ3v) is 4.99. The summed E-state index contributed by atoms with van der Waals surface area (Å²) in [7, 11) is 1.68. The van der Waals surface area contributed by atoms with Gasteiger partial charge in [0, 0.05) is 24.1 Å². The first-order valence-electron chi connectivity index (χ1n) is 8.92. The van der Waals surface area contributed by atoms with Gasteiger partial charge in [-0.2, -0.15) is 0 Å². The summed E-state index contributed by atoms with van der Waals surface area (Å²) >= 11 is 0. The molecule has 138 valence electrons. The van der Waals surface area contributed by atoms with E-state index in [9.17, 15) is 0 Å². The van der Waals surface area contributed by atoms with Crippen molar-refractivity contribution in [3.8, 4) is 17.1 Å². The monoisotopic (exact) mass is 372 g/mol. The Kier molecular flexibility index (Phi) is 5.79. The Balaban J connectivity index is 0.00000196. The van der Waals surface area contributed by atoms with Crippen molar-refractivity contribution < 1.29 is 4.74 Å². The van der Waals surface area contributed by atoms with Crippen LogP contribution in [-0.4, -0.2) is 34.6 Å². The maximum atomic E-state index is 5.21. The molecule has 0 radical (unpaired) electrons. The van der Waals surface area contributed by atoms with Crippen LogP contribution in [0.2, 0.25) is 0 Å². The van der Waals surface area contributed by atoms with E-state index in [0.29, 0.717) is 12.0 Å². The minimum atomic E-state index is 0. The minimum absolute atomic E-state index is 0. The van der Waals surface area contributed by atoms with Gasteiger partial charge in [-0.15, -0.1) is 12.4 Å². The molecule has 3 aliphatic heterocycles. The number of fused-ring (bicyclic) bond motifs is 1. The Morgan fingerprint density at radius 3 is 2.77 bits per heavy atom. The van der Waals surface area contributed by atoms with Crippen LogP contribution in [0.5, 0.6) is 5.75 Å². The molecule has 0 spiro atoms. The number of aromatic nitrogens is 3. The zero-order valence-electron chi connectivity index (χ0n) is 15.2. The summed E-state index contributed by atoms with van der Waals surface area (Å²) in [5.74, 6) is 2.47. The Morgan fingerprint density at radius 1 is 1.23 bits per heavy atom. The van der Waals surface area contributed by atoms with Gasteiger partial charge in [-0.25, -0.2) is 9.97 Å². The Hall–Kier alpha value is -2.11. The molecule has 5 nitrogen and oxygen atoms in total. The summed E-state index contributed by atoms with van der Waals surface area (Å²) in [6.45, 7) is 3.29. The molecule has 26 heavy (non-hydrogen) atoms. The lowest BCUT2D eigenvalue weighted by atomic mass is 9.92. The molecule has 1 aromatic rings. The molecule has 3 aliphatic rings. The summed E-state index contributed by atoms with van der Waals surface area (Å²) < 4.78 is 5.21. The molecule has 6 heteroatoms. The van der Waals surface area contributed by atoms with Crippen LogP contribution in [0.4, 0.5) is 0 Å². The van der Waals surface area contributed by atoms with E-state index >= 15 is 0 Å². The number of hydrogen-bond acceptors (Lipinski definition) is 4. The van der Waals surface area contributed by atoms with Gasteiger partial charge in [0.1, 0.15) is 17.3 Å². The van der Waals surface area contributed by atoms with Crippen molar-refractivity contribution in [1.29, 1.82) is 0 Å². The number of hydrogen-bond donors (Lipinski definition) is 2. The van der Waals surface area contributed by atoms with Crippen LogP contribution in [0.15, 0.2) is 36.5 Å². The van der Waals surface area contributed by atoms with Gasteiger partial charge in [-0.05, 0) is 50.1 Å². The molecule has 2 N–H and O–H groups in total. The maximum absolute atomic E-state index is 5.21. The van der Waals surface area contributed by atoms with E-state index in [0.717, 1.165) is 54.5 Å². The average molecular weight is 373 g/mol. The molecule has 1 fully saturated rings. The van der Waals surface area contributed by atoms with Crippen molar-refractivity contribution in [2.24, 2.45) is 0 Å². The molecule has 3 heterocycles. The average Bonchev–Trinajstić information content (AvgIpc) is 3.03. The number of halogens is 1. The van der Waals surface area contributed by atoms with Crippen molar-refractivity contribution in [1.82, 2.24) is 20.3 Å². The van der Waals surface area contributed by atoms with E-state index in [1.807, 2.05) is 18.3 Å². The van der Waals surface area contributed by atoms with E-state index in [-0.39, 0.29) is 12.4 Å². The van der Waals surface area contributed by atoms with E-state index in [1.165, 1.54) is 5.56 Å². The van der Waals surface area contributed by atoms with Crippen LogP contribution < -0.4 is 10.1 Å². The van der Waals surface area contributed by atoms with Crippen molar-refractivity contribution in [3.63, 3.8) is 0 Å². The van der Waals surface area contributed by atoms with Gasteiger partial charge in [0.2, 0.25) is 0 Å². The molecule has 0 bridgehead atoms. The summed E-state index contributed by atoms with van der Waals surface area (Å²) in [4.78, 5) is 12.9. The zero-order chi connectivity index (χ0) is 17.2. The third-order valence-electron chi connectivity index (χ3n) is 4.99. The highest BCUT2D eigenvalue weighted by molar-refractivity contribution is 5.85. The second-order valence-electron chi connectivity index (χ2n) is 6.92. The fourth-order valence-corrected chi connectivity index (χ4v) is 3.62. The lowest BCUT2D eigenvalue weighted by Crippen LogP contribution is -2.35. The number of H-pyrrole nitrogens is 1. The molecular weight excluding hydrogens is 348 g/mol. The van der Waals surface area contributed by atoms with Gasteiger partial charge in [-0.3, -0.25) is 0 Å². The lowest BCUT2D eigenvalue weighted by molar-refractivity contribution is 0.371. The van der Waals surface area contributed by atoms with Crippen molar-refractivity contribution >= 4 is 12.4 Å². The molecule has 0 aromatic heterocycles. The van der Waals surface area contributed by atoms with Crippen molar-refractivity contribution in [3.05, 3.63) is 53.6 Å². The minimum Gasteiger partial charge on any atom is -0.497 e. The Labute approximate surface area is 160 Å². The van der Waals surface area contributed by atoms with E-state index < -0.39 is 0 Å². The van der Waals surface area contributed by atoms with Gasteiger partial charge in [-0.1, -0.05) is 12.1 Å². The summed E-state index contributed by atoms with van der Waals surface area (Å²) in [5, 5.41) is 3.50. The van der Waals surface area contributed by atoms with Crippen LogP contribution in [0, 0.1) is 0 Å². The van der Waals surface area contributed by atoms with Crippen LogP contribution in [0.3, 0.4) is 0 Å². The summed E-state index contributed by atoms with van der Waals surface area (Å²) in [6, 6.07) is 10.8. The molecule has 0 saturated carbocycles. The van der Waals surface area contributed by atoms with Gasteiger partial charge in [0.15, 0.2) is 0 Å². The third kappa shape index (κ3) is 4.00. The SMILES string of the molecule is COc1ccc(Cc2cc3[nH]c(C4CCNC(C)C4)ncc-3n2)cc1.Cl. The molecule has 0 amide bonds. The Bertz CT molecular complexity index is 817. The standard InChI is InChI=1S/C20H24N4O.ClH/c1-13-9-15(7-8-21-13)20-22-12-19-18(24-20)11-16(23-19)10-14-3-5-17(25-2)6-4-14;/h3-6,11-13,15,21H,7-10H2,1-2H3,(H,22,24);1H. The first-order valence-corrected chi connectivity index (χ1v) is 8.92. The predicted octanol–water partition coefficient (Wildman–Crippen LogP) is 3.79. The quantitative estimate of drug-likeness (QED) is 0.731. The van der Waals surface area contributed by atoms with Crippen LogP contribution in [-0.2, 0) is 6.42 Å². The molecule has 4 rings (SSSR count). The number of ether oxygens (including phenoxy) is 1. The molecule has 2 atom stereocenters. The van der Waals surface area contributed by atoms with Crippen molar-refractivity contribution in [2.75, 3.05) is 13.7 Å². The van der Waals surface area contributed by atoms with E-state index in [1.54, 1.807) is 7.11 Å². The number of methoxy groups -OCH3 is 1. The highest BCUT2D eigenvalue weighted by atomic mass is 35.5. The summed E-state index contributed by atoms with van der Waals surface area (Å²) in [5.41, 5.74) is 4.31. The molecular formula is C20H25ClN4O. The molecule has 2 unspecified atom stereocenters. The van der Waals surface area contributed by atoms with Gasteiger partial charge < -0.3 is 15.0 Å². The second-order valence-corrected chi connectivity index (χ2v) is 6.92. The van der Waals surface area contributed by atoms with Gasteiger partial charge in [0.25, 0.3) is 0 Å². The molecule has 1 saturated heterocycles. The highest BCUT2D eigenvalue weighted by Crippen LogP contribution is 2.28. The van der Waals surface area contributed by atoms with E-state index in [4.69, 9.17) is 9.72 Å². The van der Waals surface area contributed by atoms with Gasteiger partial charge in [0.05, 0.1) is 19.0 Å². The summed E-state index contributed by atoms with van der Waals surface area (Å²) in [6.07, 6.45) is 4.98. The van der Waals surface area contributed by atoms with Crippen LogP contribution >= 0.6 is 12.4 Å². The lowest BCUT2D eigenvalue weighted by Gasteiger charge is -2.27. The highest BCUT2D eigenvalue weighted by Gasteiger charge is 2.22. The van der Waals surface area contributed by atoms with Crippen LogP contribution in [0.25, 0.3) is 11.4 Å². The largest absolute Gasteiger partial charge is 0.497 e. The number of nitrogens with zero attached hydrogens (tertiary/aromatic N) is 2. The number of piperidine rings is 1. The second kappa shape index (κ2) is 8.06. The fraction of sp³-hybridized carbons (Fsp3) is 0.400. The fourth-order valence-electron chi connectivity index (χ4n) is 3.62. The predicted molar refractivity (Wildman–Crippen MR) is 105 cm³/mol. The van der Waals surface area contributed by atoms with Crippen LogP contribution in [0.1, 0.15) is 42.8 Å². The topological polar surface area (TPSA) is 62.8 Å². The number of nitrogens with one attached hydrogen (secondary N) is 2. The first-order chi connectivity index (χ1) is 12.2. The first kappa shape index (κ1) is 18.7. The number of aromatic amines is 1. The Morgan fingerprint density at radius 2 is 2.04 bits per heavy atom. The molecule has 1 aromatic carbocycles. The number of rotatable bonds is 4. The number of benzene rings is 1. The van der Waals surface area contributed by atoms with Crippen molar-refractivity contribution in [2.45, 2.75) is 38.1 Å². The van der Waals surface area contributed by atoms with E-state index in [2.05, 4.69) is 40.4 Å². The molecule has 0 aliphatic carbocycles. The maximum Gasteiger partial charge on any atom is 0.118 e.